The molecule has 1 aromatic rings. The molecule has 1 fully saturated rings. The first kappa shape index (κ1) is 13.1. The van der Waals surface area contributed by atoms with Crippen molar-refractivity contribution < 1.29 is 18.7 Å². The van der Waals surface area contributed by atoms with Crippen LogP contribution in [0.2, 0.25) is 0 Å². The molecule has 0 radical (unpaired) electrons. The molecule has 0 saturated carbocycles. The van der Waals surface area contributed by atoms with Crippen molar-refractivity contribution in [2.45, 2.75) is 18.9 Å². The van der Waals surface area contributed by atoms with Gasteiger partial charge in [-0.3, -0.25) is 9.69 Å². The number of hydrogen-bond donors (Lipinski definition) is 1. The van der Waals surface area contributed by atoms with Crippen LogP contribution in [0.4, 0.5) is 8.78 Å². The Labute approximate surface area is 104 Å². The molecule has 1 heterocycles. The molecule has 1 saturated heterocycles. The third-order valence-corrected chi connectivity index (χ3v) is 3.29. The monoisotopic (exact) mass is 255 g/mol. The highest BCUT2D eigenvalue weighted by atomic mass is 19.1. The molecule has 1 atom stereocenters. The van der Waals surface area contributed by atoms with Crippen LogP contribution < -0.4 is 0 Å². The van der Waals surface area contributed by atoms with Crippen molar-refractivity contribution in [3.8, 4) is 0 Å². The number of benzene rings is 1. The van der Waals surface area contributed by atoms with Crippen molar-refractivity contribution >= 4 is 5.78 Å². The van der Waals surface area contributed by atoms with Gasteiger partial charge in [-0.2, -0.15) is 0 Å². The number of aliphatic hydroxyl groups is 1. The van der Waals surface area contributed by atoms with Gasteiger partial charge in [-0.05, 0) is 31.5 Å². The van der Waals surface area contributed by atoms with E-state index in [9.17, 15) is 13.6 Å². The third-order valence-electron chi connectivity index (χ3n) is 3.29. The highest BCUT2D eigenvalue weighted by Crippen LogP contribution is 2.18. The number of carbonyl (C=O) groups is 1. The summed E-state index contributed by atoms with van der Waals surface area (Å²) in [6.07, 6.45) is 1.76. The molecular formula is C13H15F2NO2. The van der Waals surface area contributed by atoms with E-state index in [-0.39, 0.29) is 30.5 Å². The summed E-state index contributed by atoms with van der Waals surface area (Å²) in [5.74, 6) is -1.91. The van der Waals surface area contributed by atoms with Crippen LogP contribution in [0.5, 0.6) is 0 Å². The second kappa shape index (κ2) is 5.54. The van der Waals surface area contributed by atoms with Crippen molar-refractivity contribution in [1.82, 2.24) is 4.90 Å². The zero-order valence-corrected chi connectivity index (χ0v) is 9.90. The van der Waals surface area contributed by atoms with Gasteiger partial charge in [0.2, 0.25) is 0 Å². The highest BCUT2D eigenvalue weighted by molar-refractivity contribution is 5.97. The number of likely N-dealkylation sites (tertiary alicyclic amines) is 1. The topological polar surface area (TPSA) is 40.5 Å². The van der Waals surface area contributed by atoms with Gasteiger partial charge in [0.05, 0.1) is 18.7 Å². The van der Waals surface area contributed by atoms with E-state index >= 15 is 0 Å². The van der Waals surface area contributed by atoms with Crippen molar-refractivity contribution in [2.75, 3.05) is 19.7 Å². The molecule has 0 spiro atoms. The second-order valence-corrected chi connectivity index (χ2v) is 4.50. The molecule has 0 aliphatic carbocycles. The standard InChI is InChI=1S/C13H15F2NO2/c14-9-3-4-11(12(15)6-9)13(18)7-16-5-1-2-10(16)8-17/h3-4,6,10,17H,1-2,5,7-8H2. The summed E-state index contributed by atoms with van der Waals surface area (Å²) in [5, 5.41) is 9.13. The van der Waals surface area contributed by atoms with Gasteiger partial charge in [-0.15, -0.1) is 0 Å². The highest BCUT2D eigenvalue weighted by Gasteiger charge is 2.26. The molecule has 18 heavy (non-hydrogen) atoms. The van der Waals surface area contributed by atoms with E-state index in [0.29, 0.717) is 6.07 Å². The van der Waals surface area contributed by atoms with E-state index in [1.54, 1.807) is 0 Å². The summed E-state index contributed by atoms with van der Waals surface area (Å²) < 4.78 is 26.2. The summed E-state index contributed by atoms with van der Waals surface area (Å²) in [7, 11) is 0. The minimum atomic E-state index is -0.834. The first-order valence-corrected chi connectivity index (χ1v) is 5.95. The zero-order chi connectivity index (χ0) is 13.1. The Morgan fingerprint density at radius 2 is 2.22 bits per heavy atom. The van der Waals surface area contributed by atoms with E-state index in [1.807, 2.05) is 4.90 Å². The molecule has 0 bridgehead atoms. The fraction of sp³-hybridized carbons (Fsp3) is 0.462. The second-order valence-electron chi connectivity index (χ2n) is 4.50. The Balaban J connectivity index is 2.07. The van der Waals surface area contributed by atoms with E-state index in [4.69, 9.17) is 5.11 Å². The molecule has 1 aromatic carbocycles. The summed E-state index contributed by atoms with van der Waals surface area (Å²) >= 11 is 0. The summed E-state index contributed by atoms with van der Waals surface area (Å²) in [6, 6.07) is 2.92. The summed E-state index contributed by atoms with van der Waals surface area (Å²) in [6.45, 7) is 0.784. The van der Waals surface area contributed by atoms with Crippen LogP contribution >= 0.6 is 0 Å². The Morgan fingerprint density at radius 3 is 2.89 bits per heavy atom. The lowest BCUT2D eigenvalue weighted by molar-refractivity contribution is 0.0884. The normalized spacial score (nSPS) is 20.3. The number of rotatable bonds is 4. The average molecular weight is 255 g/mol. The van der Waals surface area contributed by atoms with Crippen LogP contribution in [0.3, 0.4) is 0 Å². The van der Waals surface area contributed by atoms with Crippen LogP contribution in [0.1, 0.15) is 23.2 Å². The SMILES string of the molecule is O=C(CN1CCCC1CO)c1ccc(F)cc1F. The van der Waals surface area contributed by atoms with Crippen LogP contribution in [0.15, 0.2) is 18.2 Å². The lowest BCUT2D eigenvalue weighted by Gasteiger charge is -2.21. The number of nitrogens with zero attached hydrogens (tertiary/aromatic N) is 1. The van der Waals surface area contributed by atoms with Gasteiger partial charge in [-0.25, -0.2) is 8.78 Å². The van der Waals surface area contributed by atoms with Crippen molar-refractivity contribution in [3.05, 3.63) is 35.4 Å². The maximum absolute atomic E-state index is 13.4. The quantitative estimate of drug-likeness (QED) is 0.831. The predicted molar refractivity (Wildman–Crippen MR) is 62.4 cm³/mol. The number of carbonyl (C=O) groups excluding carboxylic acids is 1. The van der Waals surface area contributed by atoms with Gasteiger partial charge < -0.3 is 5.11 Å². The van der Waals surface area contributed by atoms with Crippen LogP contribution in [0.25, 0.3) is 0 Å². The maximum atomic E-state index is 13.4. The molecular weight excluding hydrogens is 240 g/mol. The van der Waals surface area contributed by atoms with Crippen molar-refractivity contribution in [2.24, 2.45) is 0 Å². The van der Waals surface area contributed by atoms with E-state index in [0.717, 1.165) is 31.5 Å². The molecule has 5 heteroatoms. The number of aliphatic hydroxyl groups excluding tert-OH is 1. The molecule has 1 N–H and O–H groups in total. The van der Waals surface area contributed by atoms with Crippen molar-refractivity contribution in [3.63, 3.8) is 0 Å². The van der Waals surface area contributed by atoms with Gasteiger partial charge in [0.25, 0.3) is 0 Å². The minimum Gasteiger partial charge on any atom is -0.395 e. The lowest BCUT2D eigenvalue weighted by atomic mass is 10.1. The zero-order valence-electron chi connectivity index (χ0n) is 9.90. The fourth-order valence-corrected chi connectivity index (χ4v) is 2.30. The molecule has 98 valence electrons. The van der Waals surface area contributed by atoms with Gasteiger partial charge >= 0.3 is 0 Å². The molecule has 1 unspecified atom stereocenters. The Hall–Kier alpha value is -1.33. The first-order valence-electron chi connectivity index (χ1n) is 5.95. The van der Waals surface area contributed by atoms with Crippen LogP contribution in [-0.4, -0.2) is 41.5 Å². The Morgan fingerprint density at radius 1 is 1.44 bits per heavy atom. The molecule has 1 aliphatic rings. The average Bonchev–Trinajstić information content (AvgIpc) is 2.76. The van der Waals surface area contributed by atoms with Gasteiger partial charge in [0.1, 0.15) is 11.6 Å². The molecule has 2 rings (SSSR count). The fourth-order valence-electron chi connectivity index (χ4n) is 2.30. The Kier molecular flexibility index (Phi) is 4.04. The van der Waals surface area contributed by atoms with Crippen LogP contribution in [-0.2, 0) is 0 Å². The largest absolute Gasteiger partial charge is 0.395 e. The first-order chi connectivity index (χ1) is 8.61. The Bertz CT molecular complexity index is 451. The van der Waals surface area contributed by atoms with Gasteiger partial charge in [-0.1, -0.05) is 0 Å². The smallest absolute Gasteiger partial charge is 0.179 e. The molecule has 3 nitrogen and oxygen atoms in total. The molecule has 0 amide bonds. The van der Waals surface area contributed by atoms with E-state index in [2.05, 4.69) is 0 Å². The maximum Gasteiger partial charge on any atom is 0.179 e. The number of ketones is 1. The summed E-state index contributed by atoms with van der Waals surface area (Å²) in [4.78, 5) is 13.7. The molecule has 0 aromatic heterocycles. The van der Waals surface area contributed by atoms with Gasteiger partial charge in [0.15, 0.2) is 5.78 Å². The number of halogens is 2. The third kappa shape index (κ3) is 2.73. The van der Waals surface area contributed by atoms with Crippen LogP contribution in [0, 0.1) is 11.6 Å². The minimum absolute atomic E-state index is 0.000814. The molecule has 1 aliphatic heterocycles. The summed E-state index contributed by atoms with van der Waals surface area (Å²) in [5.41, 5.74) is -0.0972. The lowest BCUT2D eigenvalue weighted by Crippen LogP contribution is -2.36. The number of hydrogen-bond acceptors (Lipinski definition) is 3. The van der Waals surface area contributed by atoms with Crippen molar-refractivity contribution in [1.29, 1.82) is 0 Å². The van der Waals surface area contributed by atoms with E-state index in [1.165, 1.54) is 0 Å². The number of Topliss-reactive ketones (excluding diaryl/α,β-unsaturated/α-hetero) is 1. The van der Waals surface area contributed by atoms with E-state index < -0.39 is 11.6 Å². The predicted octanol–water partition coefficient (Wildman–Crippen LogP) is 1.60. The van der Waals surface area contributed by atoms with Gasteiger partial charge in [0, 0.05) is 12.1 Å².